The van der Waals surface area contributed by atoms with E-state index in [-0.39, 0.29) is 12.4 Å². The number of anilines is 1. The Morgan fingerprint density at radius 2 is 1.67 bits per heavy atom. The third-order valence-corrected chi connectivity index (χ3v) is 1.53. The third-order valence-electron chi connectivity index (χ3n) is 1.53. The van der Waals surface area contributed by atoms with Crippen molar-refractivity contribution in [3.63, 3.8) is 0 Å². The van der Waals surface area contributed by atoms with Crippen molar-refractivity contribution in [3.8, 4) is 0 Å². The van der Waals surface area contributed by atoms with E-state index in [0.717, 1.165) is 19.0 Å². The Morgan fingerprint density at radius 1 is 1.17 bits per heavy atom. The van der Waals surface area contributed by atoms with Crippen LogP contribution in [0.4, 0.5) is 5.95 Å². The SMILES string of the molecule is CCN(CC)c1ncncn1.Cl. The second-order valence-corrected chi connectivity index (χ2v) is 2.11. The summed E-state index contributed by atoms with van der Waals surface area (Å²) in [5.41, 5.74) is 0. The van der Waals surface area contributed by atoms with Crippen LogP contribution in [0, 0.1) is 0 Å². The van der Waals surface area contributed by atoms with Gasteiger partial charge in [0, 0.05) is 13.1 Å². The van der Waals surface area contributed by atoms with Gasteiger partial charge < -0.3 is 4.90 Å². The van der Waals surface area contributed by atoms with E-state index in [1.54, 1.807) is 0 Å². The molecule has 0 saturated carbocycles. The predicted molar refractivity (Wildman–Crippen MR) is 50.6 cm³/mol. The molecule has 0 amide bonds. The van der Waals surface area contributed by atoms with Crippen LogP contribution in [0.25, 0.3) is 0 Å². The average molecular weight is 189 g/mol. The van der Waals surface area contributed by atoms with Gasteiger partial charge in [0.15, 0.2) is 0 Å². The minimum absolute atomic E-state index is 0. The molecule has 1 rings (SSSR count). The molecule has 1 aromatic rings. The standard InChI is InChI=1S/C7H12N4.ClH/c1-3-11(4-2)7-9-5-8-6-10-7;/h5-6H,3-4H2,1-2H3;1H. The number of nitrogens with zero attached hydrogens (tertiary/aromatic N) is 4. The molecule has 0 saturated heterocycles. The zero-order valence-electron chi connectivity index (χ0n) is 7.27. The van der Waals surface area contributed by atoms with Crippen molar-refractivity contribution in [2.75, 3.05) is 18.0 Å². The molecule has 0 aliphatic rings. The molecule has 1 heterocycles. The zero-order chi connectivity index (χ0) is 8.10. The maximum atomic E-state index is 4.02. The molecule has 0 bridgehead atoms. The lowest BCUT2D eigenvalue weighted by atomic mass is 10.5. The topological polar surface area (TPSA) is 41.9 Å². The molecule has 68 valence electrons. The summed E-state index contributed by atoms with van der Waals surface area (Å²) in [5.74, 6) is 0.755. The lowest BCUT2D eigenvalue weighted by molar-refractivity contribution is 0.811. The van der Waals surface area contributed by atoms with E-state index in [9.17, 15) is 0 Å². The number of hydrogen-bond acceptors (Lipinski definition) is 4. The molecule has 0 aliphatic heterocycles. The second kappa shape index (κ2) is 5.71. The molecule has 0 atom stereocenters. The Bertz CT molecular complexity index is 200. The second-order valence-electron chi connectivity index (χ2n) is 2.11. The lowest BCUT2D eigenvalue weighted by Crippen LogP contribution is -2.23. The Labute approximate surface area is 78.5 Å². The average Bonchev–Trinajstić information content (AvgIpc) is 2.09. The first-order chi connectivity index (χ1) is 5.38. The molecule has 0 radical (unpaired) electrons. The van der Waals surface area contributed by atoms with Crippen molar-refractivity contribution < 1.29 is 0 Å². The highest BCUT2D eigenvalue weighted by atomic mass is 35.5. The van der Waals surface area contributed by atoms with Crippen LogP contribution in [-0.4, -0.2) is 28.0 Å². The van der Waals surface area contributed by atoms with Crippen molar-refractivity contribution in [1.82, 2.24) is 15.0 Å². The first-order valence-corrected chi connectivity index (χ1v) is 3.75. The quantitative estimate of drug-likeness (QED) is 0.714. The minimum atomic E-state index is 0. The third kappa shape index (κ3) is 2.62. The molecule has 1 aromatic heterocycles. The van der Waals surface area contributed by atoms with Gasteiger partial charge in [0.1, 0.15) is 12.7 Å². The van der Waals surface area contributed by atoms with E-state index in [4.69, 9.17) is 0 Å². The van der Waals surface area contributed by atoms with Crippen LogP contribution in [0.15, 0.2) is 12.7 Å². The molecule has 4 nitrogen and oxygen atoms in total. The number of halogens is 1. The molecule has 0 fully saturated rings. The summed E-state index contributed by atoms with van der Waals surface area (Å²) >= 11 is 0. The van der Waals surface area contributed by atoms with E-state index < -0.39 is 0 Å². The first-order valence-electron chi connectivity index (χ1n) is 3.75. The van der Waals surface area contributed by atoms with Crippen molar-refractivity contribution in [2.24, 2.45) is 0 Å². The number of aromatic nitrogens is 3. The van der Waals surface area contributed by atoms with Crippen molar-refractivity contribution in [3.05, 3.63) is 12.7 Å². The fourth-order valence-corrected chi connectivity index (χ4v) is 0.903. The fraction of sp³-hybridized carbons (Fsp3) is 0.571. The Hall–Kier alpha value is -0.900. The van der Waals surface area contributed by atoms with Gasteiger partial charge in [-0.25, -0.2) is 15.0 Å². The van der Waals surface area contributed by atoms with Gasteiger partial charge in [-0.1, -0.05) is 0 Å². The van der Waals surface area contributed by atoms with Crippen LogP contribution < -0.4 is 4.90 Å². The maximum Gasteiger partial charge on any atom is 0.228 e. The van der Waals surface area contributed by atoms with E-state index in [0.29, 0.717) is 0 Å². The Kier molecular flexibility index (Phi) is 5.28. The fourth-order valence-electron chi connectivity index (χ4n) is 0.903. The molecule has 0 unspecified atom stereocenters. The van der Waals surface area contributed by atoms with Gasteiger partial charge in [0.25, 0.3) is 0 Å². The van der Waals surface area contributed by atoms with E-state index >= 15 is 0 Å². The van der Waals surface area contributed by atoms with Crippen LogP contribution >= 0.6 is 12.4 Å². The van der Waals surface area contributed by atoms with E-state index in [1.165, 1.54) is 12.7 Å². The number of rotatable bonds is 3. The summed E-state index contributed by atoms with van der Waals surface area (Å²) < 4.78 is 0. The molecule has 0 aliphatic carbocycles. The van der Waals surface area contributed by atoms with Gasteiger partial charge in [-0.05, 0) is 13.8 Å². The van der Waals surface area contributed by atoms with Crippen LogP contribution in [0.1, 0.15) is 13.8 Å². The van der Waals surface area contributed by atoms with Crippen LogP contribution in [0.5, 0.6) is 0 Å². The first kappa shape index (κ1) is 11.1. The lowest BCUT2D eigenvalue weighted by Gasteiger charge is -2.16. The predicted octanol–water partition coefficient (Wildman–Crippen LogP) is 1.14. The smallest absolute Gasteiger partial charge is 0.228 e. The van der Waals surface area contributed by atoms with Gasteiger partial charge in [-0.2, -0.15) is 0 Å². The van der Waals surface area contributed by atoms with Crippen molar-refractivity contribution in [2.45, 2.75) is 13.8 Å². The van der Waals surface area contributed by atoms with E-state index in [2.05, 4.69) is 33.7 Å². The Morgan fingerprint density at radius 3 is 2.08 bits per heavy atom. The summed E-state index contributed by atoms with van der Waals surface area (Å²) in [7, 11) is 0. The highest BCUT2D eigenvalue weighted by Gasteiger charge is 2.01. The zero-order valence-corrected chi connectivity index (χ0v) is 8.08. The summed E-state index contributed by atoms with van der Waals surface area (Å²) in [4.78, 5) is 13.9. The summed E-state index contributed by atoms with van der Waals surface area (Å²) in [6, 6.07) is 0. The van der Waals surface area contributed by atoms with Crippen molar-refractivity contribution >= 4 is 18.4 Å². The molecule has 0 aromatic carbocycles. The van der Waals surface area contributed by atoms with Crippen LogP contribution in [0.3, 0.4) is 0 Å². The maximum absolute atomic E-state index is 4.02. The molecular weight excluding hydrogens is 176 g/mol. The van der Waals surface area contributed by atoms with Gasteiger partial charge in [0.05, 0.1) is 0 Å². The summed E-state index contributed by atoms with van der Waals surface area (Å²) in [5, 5.41) is 0. The van der Waals surface area contributed by atoms with Crippen molar-refractivity contribution in [1.29, 1.82) is 0 Å². The van der Waals surface area contributed by atoms with Gasteiger partial charge in [-0.3, -0.25) is 0 Å². The monoisotopic (exact) mass is 188 g/mol. The summed E-state index contributed by atoms with van der Waals surface area (Å²) in [6.45, 7) is 6.02. The van der Waals surface area contributed by atoms with Crippen LogP contribution in [0.2, 0.25) is 0 Å². The molecule has 0 N–H and O–H groups in total. The Balaban J connectivity index is 0.00000121. The van der Waals surface area contributed by atoms with Gasteiger partial charge >= 0.3 is 0 Å². The highest BCUT2D eigenvalue weighted by molar-refractivity contribution is 5.85. The normalized spacial score (nSPS) is 8.83. The number of hydrogen-bond donors (Lipinski definition) is 0. The minimum Gasteiger partial charge on any atom is -0.341 e. The highest BCUT2D eigenvalue weighted by Crippen LogP contribution is 2.01. The van der Waals surface area contributed by atoms with Gasteiger partial charge in [0.2, 0.25) is 5.95 Å². The molecule has 12 heavy (non-hydrogen) atoms. The molecular formula is C7H13ClN4. The van der Waals surface area contributed by atoms with E-state index in [1.807, 2.05) is 0 Å². The largest absolute Gasteiger partial charge is 0.341 e. The van der Waals surface area contributed by atoms with Gasteiger partial charge in [-0.15, -0.1) is 12.4 Å². The van der Waals surface area contributed by atoms with Crippen LogP contribution in [-0.2, 0) is 0 Å². The summed E-state index contributed by atoms with van der Waals surface area (Å²) in [6.07, 6.45) is 3.03. The molecule has 5 heteroatoms. The molecule has 0 spiro atoms.